The molecule has 3 aliphatic rings. The summed E-state index contributed by atoms with van der Waals surface area (Å²) in [7, 11) is 0. The van der Waals surface area contributed by atoms with E-state index in [-0.39, 0.29) is 17.0 Å². The van der Waals surface area contributed by atoms with Crippen LogP contribution in [-0.4, -0.2) is 69.7 Å². The van der Waals surface area contributed by atoms with Crippen LogP contribution in [0, 0.1) is 5.92 Å². The minimum absolute atomic E-state index is 0.136. The number of aromatic amines is 1. The molecule has 5 rings (SSSR count). The zero-order valence-corrected chi connectivity index (χ0v) is 17.3. The fourth-order valence-electron chi connectivity index (χ4n) is 5.39. The van der Waals surface area contributed by atoms with Crippen LogP contribution < -0.4 is 10.9 Å². The van der Waals surface area contributed by atoms with E-state index in [0.717, 1.165) is 57.1 Å². The summed E-state index contributed by atoms with van der Waals surface area (Å²) in [5, 5.41) is 10.0. The third-order valence-electron chi connectivity index (χ3n) is 6.79. The van der Waals surface area contributed by atoms with Crippen LogP contribution in [0.3, 0.4) is 0 Å². The number of hydrogen-bond donors (Lipinski definition) is 2. The third kappa shape index (κ3) is 3.94. The molecule has 0 unspecified atom stereocenters. The van der Waals surface area contributed by atoms with E-state index in [1.165, 1.54) is 12.8 Å². The summed E-state index contributed by atoms with van der Waals surface area (Å²) < 4.78 is 1.86. The monoisotopic (exact) mass is 410 g/mol. The average molecular weight is 411 g/mol. The normalized spacial score (nSPS) is 24.0. The Morgan fingerprint density at radius 3 is 2.80 bits per heavy atom. The van der Waals surface area contributed by atoms with Crippen LogP contribution in [0.25, 0.3) is 0 Å². The molecule has 0 radical (unpaired) electrons. The second-order valence-corrected chi connectivity index (χ2v) is 8.97. The molecule has 2 aromatic rings. The van der Waals surface area contributed by atoms with Crippen LogP contribution in [-0.2, 0) is 13.1 Å². The quantitative estimate of drug-likeness (QED) is 0.743. The predicted octanol–water partition coefficient (Wildman–Crippen LogP) is 1.02. The molecule has 0 aliphatic carbocycles. The van der Waals surface area contributed by atoms with Crippen molar-refractivity contribution in [1.29, 1.82) is 0 Å². The lowest BCUT2D eigenvalue weighted by Crippen LogP contribution is -2.48. The summed E-state index contributed by atoms with van der Waals surface area (Å²) in [5.41, 5.74) is 2.32. The summed E-state index contributed by atoms with van der Waals surface area (Å²) in [6.07, 6.45) is 5.37. The first kappa shape index (κ1) is 19.5. The van der Waals surface area contributed by atoms with Crippen molar-refractivity contribution < 1.29 is 4.79 Å². The number of likely N-dealkylation sites (tertiary alicyclic amines) is 2. The lowest BCUT2D eigenvalue weighted by atomic mass is 9.83. The molecule has 2 bridgehead atoms. The van der Waals surface area contributed by atoms with Crippen LogP contribution in [0.1, 0.15) is 46.9 Å². The maximum atomic E-state index is 13.1. The SMILES string of the molecule is O=C(NCCN1CCCC1)c1ccc2n(c1=O)C[C@H]1C[C@@H]2CN(Cc2ccn[nH]2)C1. The van der Waals surface area contributed by atoms with Crippen LogP contribution in [0.4, 0.5) is 0 Å². The highest BCUT2D eigenvalue weighted by Gasteiger charge is 2.35. The number of fused-ring (bicyclic) bond motifs is 4. The molecule has 5 heterocycles. The smallest absolute Gasteiger partial charge is 0.263 e. The Bertz CT molecular complexity index is 947. The largest absolute Gasteiger partial charge is 0.351 e. The molecule has 2 fully saturated rings. The maximum absolute atomic E-state index is 13.1. The lowest BCUT2D eigenvalue weighted by Gasteiger charge is -2.42. The number of pyridine rings is 1. The first-order valence-electron chi connectivity index (χ1n) is 11.1. The van der Waals surface area contributed by atoms with Crippen LogP contribution in [0.2, 0.25) is 0 Å². The topological polar surface area (TPSA) is 86.3 Å². The molecule has 2 N–H and O–H groups in total. The highest BCUT2D eigenvalue weighted by Crippen LogP contribution is 2.35. The third-order valence-corrected chi connectivity index (χ3v) is 6.79. The Morgan fingerprint density at radius 2 is 2.00 bits per heavy atom. The van der Waals surface area contributed by atoms with E-state index in [1.807, 2.05) is 16.7 Å². The number of aromatic nitrogens is 3. The van der Waals surface area contributed by atoms with Crippen molar-refractivity contribution in [3.05, 3.63) is 51.7 Å². The molecule has 2 aromatic heterocycles. The van der Waals surface area contributed by atoms with Crippen molar-refractivity contribution in [3.8, 4) is 0 Å². The zero-order valence-electron chi connectivity index (χ0n) is 17.3. The summed E-state index contributed by atoms with van der Waals surface area (Å²) in [4.78, 5) is 30.6. The number of piperidine rings is 1. The fourth-order valence-corrected chi connectivity index (χ4v) is 5.39. The van der Waals surface area contributed by atoms with Gasteiger partial charge in [-0.15, -0.1) is 0 Å². The van der Waals surface area contributed by atoms with Gasteiger partial charge < -0.3 is 14.8 Å². The number of H-pyrrole nitrogens is 1. The Hall–Kier alpha value is -2.45. The number of hydrogen-bond acceptors (Lipinski definition) is 5. The van der Waals surface area contributed by atoms with E-state index < -0.39 is 0 Å². The van der Waals surface area contributed by atoms with Crippen LogP contribution in [0.15, 0.2) is 29.2 Å². The number of carbonyl (C=O) groups excluding carboxylic acids is 1. The van der Waals surface area contributed by atoms with Gasteiger partial charge in [0.25, 0.3) is 11.5 Å². The molecule has 1 amide bonds. The van der Waals surface area contributed by atoms with Crippen LogP contribution >= 0.6 is 0 Å². The summed E-state index contributed by atoms with van der Waals surface area (Å²) >= 11 is 0. The van der Waals surface area contributed by atoms with E-state index in [1.54, 1.807) is 12.3 Å². The van der Waals surface area contributed by atoms with E-state index in [2.05, 4.69) is 25.3 Å². The molecule has 2 saturated heterocycles. The van der Waals surface area contributed by atoms with Gasteiger partial charge in [-0.1, -0.05) is 0 Å². The van der Waals surface area contributed by atoms with Gasteiger partial charge in [0.05, 0.1) is 0 Å². The zero-order chi connectivity index (χ0) is 20.5. The maximum Gasteiger partial charge on any atom is 0.263 e. The molecule has 160 valence electrons. The van der Waals surface area contributed by atoms with Crippen LogP contribution in [0.5, 0.6) is 0 Å². The van der Waals surface area contributed by atoms with Crippen molar-refractivity contribution >= 4 is 5.91 Å². The van der Waals surface area contributed by atoms with Gasteiger partial charge in [0, 0.05) is 62.8 Å². The predicted molar refractivity (Wildman–Crippen MR) is 113 cm³/mol. The van der Waals surface area contributed by atoms with Gasteiger partial charge in [-0.05, 0) is 56.5 Å². The van der Waals surface area contributed by atoms with Gasteiger partial charge in [0.1, 0.15) is 5.56 Å². The number of nitrogens with zero attached hydrogens (tertiary/aromatic N) is 4. The van der Waals surface area contributed by atoms with E-state index in [4.69, 9.17) is 0 Å². The highest BCUT2D eigenvalue weighted by molar-refractivity contribution is 5.93. The summed E-state index contributed by atoms with van der Waals surface area (Å²) in [6, 6.07) is 5.74. The van der Waals surface area contributed by atoms with Crippen molar-refractivity contribution in [3.63, 3.8) is 0 Å². The molecule has 0 saturated carbocycles. The molecule has 0 aromatic carbocycles. The number of rotatable bonds is 6. The highest BCUT2D eigenvalue weighted by atomic mass is 16.2. The second kappa shape index (κ2) is 8.35. The van der Waals surface area contributed by atoms with Gasteiger partial charge in [0.15, 0.2) is 0 Å². The van der Waals surface area contributed by atoms with Gasteiger partial charge in [0.2, 0.25) is 0 Å². The Morgan fingerprint density at radius 1 is 1.13 bits per heavy atom. The van der Waals surface area contributed by atoms with Gasteiger partial charge in [-0.25, -0.2) is 0 Å². The van der Waals surface area contributed by atoms with E-state index in [0.29, 0.717) is 24.9 Å². The molecule has 8 nitrogen and oxygen atoms in total. The lowest BCUT2D eigenvalue weighted by molar-refractivity contribution is 0.0942. The summed E-state index contributed by atoms with van der Waals surface area (Å²) in [6.45, 7) is 7.11. The van der Waals surface area contributed by atoms with E-state index in [9.17, 15) is 9.59 Å². The molecule has 30 heavy (non-hydrogen) atoms. The van der Waals surface area contributed by atoms with Crippen molar-refractivity contribution in [2.75, 3.05) is 39.3 Å². The van der Waals surface area contributed by atoms with Gasteiger partial charge in [-0.3, -0.25) is 19.6 Å². The average Bonchev–Trinajstić information content (AvgIpc) is 3.43. The number of carbonyl (C=O) groups is 1. The minimum atomic E-state index is -0.244. The Kier molecular flexibility index (Phi) is 5.43. The van der Waals surface area contributed by atoms with Gasteiger partial charge >= 0.3 is 0 Å². The number of nitrogens with one attached hydrogen (secondary N) is 2. The minimum Gasteiger partial charge on any atom is -0.351 e. The number of amides is 1. The molecule has 0 spiro atoms. The molecular weight excluding hydrogens is 380 g/mol. The van der Waals surface area contributed by atoms with Crippen molar-refractivity contribution in [2.45, 2.75) is 38.3 Å². The Balaban J connectivity index is 1.27. The molecule has 2 atom stereocenters. The standard InChI is InChI=1S/C22H30N6O2/c29-21(23-7-10-26-8-1-2-9-26)19-3-4-20-17-11-16(13-28(20)22(19)30)12-27(14-17)15-18-5-6-24-25-18/h3-6,16-17H,1-2,7-15H2,(H,23,29)(H,24,25)/t16-,17+/m0/s1. The first-order chi connectivity index (χ1) is 14.7. The molecule has 8 heteroatoms. The van der Waals surface area contributed by atoms with Crippen molar-refractivity contribution in [1.82, 2.24) is 29.9 Å². The van der Waals surface area contributed by atoms with Crippen molar-refractivity contribution in [2.24, 2.45) is 5.92 Å². The summed E-state index contributed by atoms with van der Waals surface area (Å²) in [5.74, 6) is 0.525. The van der Waals surface area contributed by atoms with E-state index >= 15 is 0 Å². The molecular formula is C22H30N6O2. The Labute approximate surface area is 176 Å². The molecule has 3 aliphatic heterocycles. The fraction of sp³-hybridized carbons (Fsp3) is 0.591. The first-order valence-corrected chi connectivity index (χ1v) is 11.1. The van der Waals surface area contributed by atoms with Gasteiger partial charge in [-0.2, -0.15) is 5.10 Å². The second-order valence-electron chi connectivity index (χ2n) is 8.97.